The number of anilines is 1. The summed E-state index contributed by atoms with van der Waals surface area (Å²) in [5, 5.41) is 13.4. The average molecular weight is 310 g/mol. The Morgan fingerprint density at radius 3 is 2.74 bits per heavy atom. The maximum Gasteiger partial charge on any atom is 0.264 e. The van der Waals surface area contributed by atoms with Crippen molar-refractivity contribution in [2.45, 2.75) is 19.9 Å². The van der Waals surface area contributed by atoms with Gasteiger partial charge >= 0.3 is 0 Å². The Hall–Kier alpha value is -2.89. The van der Waals surface area contributed by atoms with Crippen LogP contribution in [0.5, 0.6) is 5.75 Å². The average Bonchev–Trinajstić information content (AvgIpc) is 2.51. The minimum Gasteiger partial charge on any atom is -0.508 e. The van der Waals surface area contributed by atoms with Gasteiger partial charge in [-0.1, -0.05) is 6.07 Å². The number of nitrogens with one attached hydrogen (secondary N) is 1. The van der Waals surface area contributed by atoms with Crippen LogP contribution in [0, 0.1) is 0 Å². The van der Waals surface area contributed by atoms with Gasteiger partial charge in [0.05, 0.1) is 16.8 Å². The molecule has 3 aromatic rings. The van der Waals surface area contributed by atoms with Gasteiger partial charge in [-0.3, -0.25) is 9.36 Å². The Bertz CT molecular complexity index is 932. The molecule has 2 heterocycles. The van der Waals surface area contributed by atoms with E-state index < -0.39 is 0 Å². The monoisotopic (exact) mass is 310 g/mol. The molecule has 2 aromatic heterocycles. The summed E-state index contributed by atoms with van der Waals surface area (Å²) in [7, 11) is 1.68. The molecule has 2 N–H and O–H groups in total. The number of phenols is 1. The van der Waals surface area contributed by atoms with Gasteiger partial charge in [0.15, 0.2) is 0 Å². The van der Waals surface area contributed by atoms with Crippen molar-refractivity contribution in [3.63, 3.8) is 0 Å². The number of rotatable bonds is 3. The van der Waals surface area contributed by atoms with Crippen LogP contribution in [-0.2, 0) is 7.05 Å². The van der Waals surface area contributed by atoms with E-state index in [4.69, 9.17) is 0 Å². The number of fused-ring (bicyclic) bond motifs is 1. The highest BCUT2D eigenvalue weighted by Gasteiger charge is 2.11. The lowest BCUT2D eigenvalue weighted by molar-refractivity contribution is 0.476. The first-order valence-corrected chi connectivity index (χ1v) is 7.38. The standard InChI is InChI=1S/C17H18N4O2/c1-10(2)19-17-18-9-13(16(23)21(17)3)15-6-4-11-8-12(22)5-7-14(11)20-15/h4-10,22H,1-3H3,(H,18,19). The summed E-state index contributed by atoms with van der Waals surface area (Å²) in [6.07, 6.45) is 1.54. The molecule has 0 spiro atoms. The van der Waals surface area contributed by atoms with Crippen LogP contribution in [0.1, 0.15) is 13.8 Å². The summed E-state index contributed by atoms with van der Waals surface area (Å²) in [5.74, 6) is 0.716. The van der Waals surface area contributed by atoms with Crippen LogP contribution >= 0.6 is 0 Å². The number of benzene rings is 1. The summed E-state index contributed by atoms with van der Waals surface area (Å²) < 4.78 is 1.48. The molecule has 0 aliphatic rings. The summed E-state index contributed by atoms with van der Waals surface area (Å²) >= 11 is 0. The smallest absolute Gasteiger partial charge is 0.264 e. The fourth-order valence-electron chi connectivity index (χ4n) is 2.38. The predicted octanol–water partition coefficient (Wildman–Crippen LogP) is 2.52. The van der Waals surface area contributed by atoms with Crippen LogP contribution in [0.15, 0.2) is 41.3 Å². The van der Waals surface area contributed by atoms with E-state index in [9.17, 15) is 9.90 Å². The predicted molar refractivity (Wildman–Crippen MR) is 90.6 cm³/mol. The van der Waals surface area contributed by atoms with E-state index in [0.717, 1.165) is 5.39 Å². The number of aromatic hydroxyl groups is 1. The second-order valence-corrected chi connectivity index (χ2v) is 5.73. The van der Waals surface area contributed by atoms with Crippen LogP contribution < -0.4 is 10.9 Å². The van der Waals surface area contributed by atoms with Crippen LogP contribution in [0.3, 0.4) is 0 Å². The molecule has 6 nitrogen and oxygen atoms in total. The molecule has 0 aliphatic heterocycles. The van der Waals surface area contributed by atoms with Crippen molar-refractivity contribution >= 4 is 16.9 Å². The second kappa shape index (κ2) is 5.72. The molecule has 0 saturated carbocycles. The molecule has 1 aromatic carbocycles. The van der Waals surface area contributed by atoms with E-state index >= 15 is 0 Å². The zero-order chi connectivity index (χ0) is 16.6. The molecular formula is C17H18N4O2. The van der Waals surface area contributed by atoms with Crippen molar-refractivity contribution in [2.75, 3.05) is 5.32 Å². The number of pyridine rings is 1. The molecule has 6 heteroatoms. The van der Waals surface area contributed by atoms with Crippen molar-refractivity contribution < 1.29 is 5.11 Å². The number of phenolic OH excluding ortho intramolecular Hbond substituents is 1. The summed E-state index contributed by atoms with van der Waals surface area (Å²) in [5.41, 5.74) is 1.56. The van der Waals surface area contributed by atoms with Crippen LogP contribution in [0.4, 0.5) is 5.95 Å². The van der Waals surface area contributed by atoms with E-state index in [1.165, 1.54) is 4.57 Å². The fraction of sp³-hybridized carbons (Fsp3) is 0.235. The molecule has 0 aliphatic carbocycles. The number of hydrogen-bond acceptors (Lipinski definition) is 5. The number of nitrogens with zero attached hydrogens (tertiary/aromatic N) is 3. The van der Waals surface area contributed by atoms with Gasteiger partial charge in [0.25, 0.3) is 5.56 Å². The first-order chi connectivity index (χ1) is 11.0. The van der Waals surface area contributed by atoms with Gasteiger partial charge in [-0.25, -0.2) is 9.97 Å². The lowest BCUT2D eigenvalue weighted by Gasteiger charge is -2.13. The highest BCUT2D eigenvalue weighted by Crippen LogP contribution is 2.22. The normalized spacial score (nSPS) is 11.1. The molecule has 0 atom stereocenters. The topological polar surface area (TPSA) is 80.0 Å². The second-order valence-electron chi connectivity index (χ2n) is 5.73. The summed E-state index contributed by atoms with van der Waals surface area (Å²) in [6.45, 7) is 3.97. The highest BCUT2D eigenvalue weighted by molar-refractivity contribution is 5.82. The quantitative estimate of drug-likeness (QED) is 0.777. The molecule has 0 bridgehead atoms. The van der Waals surface area contributed by atoms with Crippen LogP contribution in [-0.4, -0.2) is 25.7 Å². The first kappa shape index (κ1) is 15.0. The van der Waals surface area contributed by atoms with Gasteiger partial charge < -0.3 is 10.4 Å². The van der Waals surface area contributed by atoms with E-state index in [1.54, 1.807) is 37.5 Å². The van der Waals surface area contributed by atoms with E-state index in [1.807, 2.05) is 19.9 Å². The Balaban J connectivity index is 2.10. The Kier molecular flexibility index (Phi) is 3.73. The Labute approximate surface area is 133 Å². The minimum atomic E-state index is -0.159. The van der Waals surface area contributed by atoms with Crippen LogP contribution in [0.2, 0.25) is 0 Å². The van der Waals surface area contributed by atoms with Gasteiger partial charge in [0.1, 0.15) is 5.75 Å². The first-order valence-electron chi connectivity index (χ1n) is 7.38. The van der Waals surface area contributed by atoms with Crippen molar-refractivity contribution in [1.29, 1.82) is 0 Å². The third-order valence-electron chi connectivity index (χ3n) is 3.54. The number of aromatic nitrogens is 3. The van der Waals surface area contributed by atoms with E-state index in [-0.39, 0.29) is 17.4 Å². The largest absolute Gasteiger partial charge is 0.508 e. The Morgan fingerprint density at radius 1 is 1.22 bits per heavy atom. The molecular weight excluding hydrogens is 292 g/mol. The minimum absolute atomic E-state index is 0.159. The third-order valence-corrected chi connectivity index (χ3v) is 3.54. The van der Waals surface area contributed by atoms with Gasteiger partial charge in [-0.05, 0) is 38.1 Å². The van der Waals surface area contributed by atoms with E-state index in [2.05, 4.69) is 15.3 Å². The van der Waals surface area contributed by atoms with Crippen LogP contribution in [0.25, 0.3) is 22.2 Å². The van der Waals surface area contributed by atoms with Gasteiger partial charge in [-0.15, -0.1) is 0 Å². The maximum absolute atomic E-state index is 12.6. The molecule has 0 saturated heterocycles. The molecule has 0 unspecified atom stereocenters. The highest BCUT2D eigenvalue weighted by atomic mass is 16.3. The SMILES string of the molecule is CC(C)Nc1ncc(-c2ccc3cc(O)ccc3n2)c(=O)n1C. The molecule has 0 radical (unpaired) electrons. The van der Waals surface area contributed by atoms with Crippen molar-refractivity contribution in [3.8, 4) is 17.0 Å². The van der Waals surface area contributed by atoms with Crippen molar-refractivity contribution in [3.05, 3.63) is 46.9 Å². The van der Waals surface area contributed by atoms with Crippen molar-refractivity contribution in [2.24, 2.45) is 7.05 Å². The lowest BCUT2D eigenvalue weighted by atomic mass is 10.1. The molecule has 0 amide bonds. The van der Waals surface area contributed by atoms with Gasteiger partial charge in [0.2, 0.25) is 5.95 Å². The maximum atomic E-state index is 12.6. The Morgan fingerprint density at radius 2 is 2.00 bits per heavy atom. The van der Waals surface area contributed by atoms with Gasteiger partial charge in [0, 0.05) is 24.7 Å². The van der Waals surface area contributed by atoms with Gasteiger partial charge in [-0.2, -0.15) is 0 Å². The summed E-state index contributed by atoms with van der Waals surface area (Å²) in [6, 6.07) is 8.71. The molecule has 23 heavy (non-hydrogen) atoms. The summed E-state index contributed by atoms with van der Waals surface area (Å²) in [4.78, 5) is 21.4. The van der Waals surface area contributed by atoms with Crippen molar-refractivity contribution in [1.82, 2.24) is 14.5 Å². The zero-order valence-corrected chi connectivity index (χ0v) is 13.2. The fourth-order valence-corrected chi connectivity index (χ4v) is 2.38. The lowest BCUT2D eigenvalue weighted by Crippen LogP contribution is -2.25. The zero-order valence-electron chi connectivity index (χ0n) is 13.2. The number of hydrogen-bond donors (Lipinski definition) is 2. The molecule has 0 fully saturated rings. The molecule has 118 valence electrons. The van der Waals surface area contributed by atoms with E-state index in [0.29, 0.717) is 22.7 Å². The third kappa shape index (κ3) is 2.88. The molecule has 3 rings (SSSR count).